The molecule has 0 aromatic heterocycles. The van der Waals surface area contributed by atoms with Crippen molar-refractivity contribution in [3.05, 3.63) is 11.6 Å². The Morgan fingerprint density at radius 1 is 1.07 bits per heavy atom. The Morgan fingerprint density at radius 2 is 1.78 bits per heavy atom. The summed E-state index contributed by atoms with van der Waals surface area (Å²) in [5.41, 5.74) is -1.46. The van der Waals surface area contributed by atoms with E-state index in [4.69, 9.17) is 9.47 Å². The van der Waals surface area contributed by atoms with E-state index in [1.807, 2.05) is 0 Å². The van der Waals surface area contributed by atoms with Gasteiger partial charge in [0.15, 0.2) is 0 Å². The van der Waals surface area contributed by atoms with Crippen molar-refractivity contribution in [2.75, 3.05) is 32.7 Å². The number of ether oxygens (including phenoxy) is 2. The van der Waals surface area contributed by atoms with E-state index in [1.165, 1.54) is 25.5 Å². The lowest BCUT2D eigenvalue weighted by Gasteiger charge is -2.60. The Morgan fingerprint density at radius 3 is 2.41 bits per heavy atom. The third-order valence-corrected chi connectivity index (χ3v) is 14.8. The summed E-state index contributed by atoms with van der Waals surface area (Å²) in [5.74, 6) is 1.00. The number of carbonyl (C=O) groups is 2. The number of fused-ring (bicyclic) bond motifs is 2. The molecule has 6 fully saturated rings. The Labute approximate surface area is 278 Å². The highest BCUT2D eigenvalue weighted by Crippen LogP contribution is 2.84. The van der Waals surface area contributed by atoms with Gasteiger partial charge in [0.1, 0.15) is 11.7 Å². The van der Waals surface area contributed by atoms with Crippen LogP contribution in [0.15, 0.2) is 11.6 Å². The number of hydrogen-bond donors (Lipinski definition) is 1. The summed E-state index contributed by atoms with van der Waals surface area (Å²) < 4.78 is 13.4. The molecule has 3 aliphatic heterocycles. The molecule has 0 aromatic rings. The molecule has 3 saturated heterocycles. The van der Waals surface area contributed by atoms with Gasteiger partial charge in [0.05, 0.1) is 29.8 Å². The topological polar surface area (TPSA) is 79.3 Å². The third kappa shape index (κ3) is 4.63. The third-order valence-electron chi connectivity index (χ3n) is 14.8. The van der Waals surface area contributed by atoms with Gasteiger partial charge in [-0.3, -0.25) is 9.69 Å². The van der Waals surface area contributed by atoms with E-state index in [0.29, 0.717) is 42.4 Å². The summed E-state index contributed by atoms with van der Waals surface area (Å²) in [5, 5.41) is 11.5. The highest BCUT2D eigenvalue weighted by molar-refractivity contribution is 5.90. The van der Waals surface area contributed by atoms with Crippen molar-refractivity contribution in [1.29, 1.82) is 0 Å². The van der Waals surface area contributed by atoms with E-state index in [0.717, 1.165) is 76.8 Å². The molecule has 0 amide bonds. The number of carbonyl (C=O) groups excluding carboxylic acids is 1. The molecule has 0 aromatic carbocycles. The molecule has 46 heavy (non-hydrogen) atoms. The number of carboxylic acid groups (broad SMARTS) is 1. The maximum absolute atomic E-state index is 14.1. The predicted molar refractivity (Wildman–Crippen MR) is 179 cm³/mol. The highest BCUT2D eigenvalue weighted by atomic mass is 16.5. The molecule has 3 saturated carbocycles. The fourth-order valence-corrected chi connectivity index (χ4v) is 13.2. The number of allylic oxidation sites excluding steroid dienone is 1. The fraction of sp³-hybridized carbons (Fsp3) is 0.897. The van der Waals surface area contributed by atoms with Gasteiger partial charge in [-0.15, -0.1) is 0 Å². The summed E-state index contributed by atoms with van der Waals surface area (Å²) in [6.45, 7) is 18.5. The van der Waals surface area contributed by atoms with Crippen LogP contribution in [0.2, 0.25) is 0 Å². The monoisotopic (exact) mass is 638 g/mol. The standard InChI is InChI=1S/C39H62N2O5/c1-7-8-9-28-16-35(46-34(28)22-40-14-12-30(13-15-40)41-20-26(5)45-27(6)21-41)38-19-31-25(4)10-11-32(31)37(23-42)18-29(38)17-33(24(2)3)39(37,38)36(43)44/h17,23-32,34-35H,7-16,18-22H2,1-6H3,(H,43,44)/t25-,26-,27+,28-,29?,31-,32-,34+,35-,37?,38?,39+/m1/s1. The second-order valence-corrected chi connectivity index (χ2v) is 17.4. The van der Waals surface area contributed by atoms with Gasteiger partial charge >= 0.3 is 5.97 Å². The van der Waals surface area contributed by atoms with Gasteiger partial charge in [-0.05, 0) is 107 Å². The number of morpholine rings is 1. The number of rotatable bonds is 10. The summed E-state index contributed by atoms with van der Waals surface area (Å²) in [6.07, 6.45) is 14.6. The summed E-state index contributed by atoms with van der Waals surface area (Å²) >= 11 is 0. The minimum absolute atomic E-state index is 0.0994. The molecule has 0 spiro atoms. The number of piperidine rings is 1. The first-order valence-corrected chi connectivity index (χ1v) is 19.2. The zero-order chi connectivity index (χ0) is 32.6. The second kappa shape index (κ2) is 12.2. The zero-order valence-corrected chi connectivity index (χ0v) is 29.6. The summed E-state index contributed by atoms with van der Waals surface area (Å²) in [6, 6.07) is 0.627. The van der Waals surface area contributed by atoms with Crippen LogP contribution in [0.25, 0.3) is 0 Å². The molecule has 0 radical (unpaired) electrons. The largest absolute Gasteiger partial charge is 0.481 e. The van der Waals surface area contributed by atoms with Crippen LogP contribution in [0.5, 0.6) is 0 Å². The van der Waals surface area contributed by atoms with Crippen LogP contribution in [0.3, 0.4) is 0 Å². The molecule has 12 atom stereocenters. The maximum atomic E-state index is 14.1. The van der Waals surface area contributed by atoms with Gasteiger partial charge in [0.25, 0.3) is 0 Å². The number of aldehydes is 1. The molecule has 7 rings (SSSR count). The first-order valence-electron chi connectivity index (χ1n) is 19.2. The Kier molecular flexibility index (Phi) is 8.85. The lowest BCUT2D eigenvalue weighted by Crippen LogP contribution is -2.65. The van der Waals surface area contributed by atoms with E-state index in [1.54, 1.807) is 0 Å². The van der Waals surface area contributed by atoms with Gasteiger partial charge in [0, 0.05) is 31.1 Å². The molecule has 258 valence electrons. The molecule has 3 heterocycles. The number of carboxylic acids is 1. The minimum Gasteiger partial charge on any atom is -0.481 e. The zero-order valence-electron chi connectivity index (χ0n) is 29.6. The van der Waals surface area contributed by atoms with Crippen molar-refractivity contribution in [2.45, 2.75) is 136 Å². The van der Waals surface area contributed by atoms with E-state index < -0.39 is 22.2 Å². The van der Waals surface area contributed by atoms with Gasteiger partial charge < -0.3 is 24.3 Å². The molecule has 4 aliphatic carbocycles. The van der Waals surface area contributed by atoms with E-state index in [9.17, 15) is 14.7 Å². The van der Waals surface area contributed by atoms with Crippen LogP contribution >= 0.6 is 0 Å². The van der Waals surface area contributed by atoms with Crippen LogP contribution in [-0.4, -0.2) is 90.3 Å². The SMILES string of the molecule is CCCC[C@@H]1C[C@H](C23C[C@@H]4[C@H](C)CC[C@H]4C4(C=O)CC2C=C(C(C)C)[C@]43C(=O)O)O[C@H]1CN1CCC(N2C[C@@H](C)O[C@@H](C)C2)CC1. The number of nitrogens with zero attached hydrogens (tertiary/aromatic N) is 2. The van der Waals surface area contributed by atoms with E-state index >= 15 is 0 Å². The Bertz CT molecular complexity index is 1190. The quantitative estimate of drug-likeness (QED) is 0.218. The molecule has 7 nitrogen and oxygen atoms in total. The van der Waals surface area contributed by atoms with Crippen LogP contribution in [0.4, 0.5) is 0 Å². The molecular weight excluding hydrogens is 576 g/mol. The van der Waals surface area contributed by atoms with Crippen molar-refractivity contribution in [3.63, 3.8) is 0 Å². The van der Waals surface area contributed by atoms with Crippen molar-refractivity contribution in [2.24, 2.45) is 51.8 Å². The molecular formula is C39H62N2O5. The predicted octanol–water partition coefficient (Wildman–Crippen LogP) is 6.45. The number of aliphatic carboxylic acids is 1. The Balaban J connectivity index is 1.16. The number of likely N-dealkylation sites (tertiary alicyclic amines) is 1. The maximum Gasteiger partial charge on any atom is 0.315 e. The lowest BCUT2D eigenvalue weighted by atomic mass is 9.41. The summed E-state index contributed by atoms with van der Waals surface area (Å²) in [4.78, 5) is 33.0. The smallest absolute Gasteiger partial charge is 0.315 e. The van der Waals surface area contributed by atoms with Crippen molar-refractivity contribution in [3.8, 4) is 0 Å². The first kappa shape index (κ1) is 33.2. The van der Waals surface area contributed by atoms with Gasteiger partial charge in [0.2, 0.25) is 0 Å². The fourth-order valence-electron chi connectivity index (χ4n) is 13.2. The molecule has 4 bridgehead atoms. The van der Waals surface area contributed by atoms with Gasteiger partial charge in [-0.2, -0.15) is 0 Å². The Hall–Kier alpha value is -1.28. The van der Waals surface area contributed by atoms with E-state index in [2.05, 4.69) is 57.4 Å². The van der Waals surface area contributed by atoms with Gasteiger partial charge in [-0.25, -0.2) is 0 Å². The van der Waals surface area contributed by atoms with E-state index in [-0.39, 0.29) is 30.0 Å². The summed E-state index contributed by atoms with van der Waals surface area (Å²) in [7, 11) is 0. The molecule has 1 N–H and O–H groups in total. The minimum atomic E-state index is -1.15. The average Bonchev–Trinajstić information content (AvgIpc) is 3.73. The molecule has 7 heteroatoms. The normalized spacial score (nSPS) is 47.8. The first-order chi connectivity index (χ1) is 22.0. The molecule has 3 unspecified atom stereocenters. The van der Waals surface area contributed by atoms with Crippen molar-refractivity contribution >= 4 is 12.3 Å². The lowest BCUT2D eigenvalue weighted by molar-refractivity contribution is -0.197. The van der Waals surface area contributed by atoms with Gasteiger partial charge in [-0.1, -0.05) is 58.6 Å². The van der Waals surface area contributed by atoms with Crippen molar-refractivity contribution < 1.29 is 24.2 Å². The van der Waals surface area contributed by atoms with Crippen LogP contribution in [0.1, 0.15) is 106 Å². The van der Waals surface area contributed by atoms with Crippen LogP contribution < -0.4 is 0 Å². The highest BCUT2D eigenvalue weighted by Gasteiger charge is 2.86. The molecule has 7 aliphatic rings. The van der Waals surface area contributed by atoms with Crippen LogP contribution in [-0.2, 0) is 19.1 Å². The number of hydrogen-bond acceptors (Lipinski definition) is 6. The average molecular weight is 639 g/mol. The van der Waals surface area contributed by atoms with Crippen molar-refractivity contribution in [1.82, 2.24) is 9.80 Å². The number of unbranched alkanes of at least 4 members (excludes halogenated alkanes) is 1. The second-order valence-electron chi connectivity index (χ2n) is 17.4. The van der Waals surface area contributed by atoms with Crippen LogP contribution in [0, 0.1) is 51.8 Å².